The molecule has 0 bridgehead atoms. The lowest BCUT2D eigenvalue weighted by Crippen LogP contribution is -2.06. The van der Waals surface area contributed by atoms with Gasteiger partial charge in [-0.05, 0) is 35.0 Å². The van der Waals surface area contributed by atoms with Gasteiger partial charge in [-0.15, -0.1) is 0 Å². The molecule has 0 spiro atoms. The zero-order valence-electron chi connectivity index (χ0n) is 10.8. The lowest BCUT2D eigenvalue weighted by atomic mass is 10.1. The van der Waals surface area contributed by atoms with Crippen LogP contribution < -0.4 is 4.74 Å². The first-order valence-corrected chi connectivity index (χ1v) is 6.35. The fraction of sp³-hybridized carbons (Fsp3) is 0.231. The van der Waals surface area contributed by atoms with Crippen molar-refractivity contribution in [3.8, 4) is 17.1 Å². The van der Waals surface area contributed by atoms with Crippen LogP contribution in [0.5, 0.6) is 5.75 Å². The zero-order valence-corrected chi connectivity index (χ0v) is 12.4. The number of carboxylic acid groups (broad SMARTS) is 1. The number of aromatic nitrogens is 2. The van der Waals surface area contributed by atoms with E-state index >= 15 is 0 Å². The number of benzene rings is 1. The van der Waals surface area contributed by atoms with Crippen molar-refractivity contribution in [1.82, 2.24) is 9.55 Å². The summed E-state index contributed by atoms with van der Waals surface area (Å²) in [7, 11) is 3.24. The predicted molar refractivity (Wildman–Crippen MR) is 74.6 cm³/mol. The van der Waals surface area contributed by atoms with E-state index in [1.54, 1.807) is 14.2 Å². The number of imidazole rings is 1. The Morgan fingerprint density at radius 2 is 2.16 bits per heavy atom. The SMILES string of the molecule is COc1ccc(C)cc1-c1nc(Br)c(C(=O)O)n1C. The van der Waals surface area contributed by atoms with Crippen LogP contribution in [-0.4, -0.2) is 27.7 Å². The Hall–Kier alpha value is -1.82. The molecular weight excluding hydrogens is 312 g/mol. The lowest BCUT2D eigenvalue weighted by molar-refractivity contribution is 0.0685. The topological polar surface area (TPSA) is 64.3 Å². The van der Waals surface area contributed by atoms with Crippen LogP contribution in [-0.2, 0) is 7.05 Å². The van der Waals surface area contributed by atoms with Crippen LogP contribution in [0.1, 0.15) is 16.1 Å². The summed E-state index contributed by atoms with van der Waals surface area (Å²) >= 11 is 3.18. The highest BCUT2D eigenvalue weighted by Crippen LogP contribution is 2.32. The average molecular weight is 325 g/mol. The molecule has 0 amide bonds. The van der Waals surface area contributed by atoms with Crippen molar-refractivity contribution in [2.75, 3.05) is 7.11 Å². The van der Waals surface area contributed by atoms with E-state index in [1.165, 1.54) is 4.57 Å². The minimum Gasteiger partial charge on any atom is -0.496 e. The summed E-state index contributed by atoms with van der Waals surface area (Å²) in [5.74, 6) is 0.174. The molecule has 0 saturated carbocycles. The van der Waals surface area contributed by atoms with Gasteiger partial charge in [0.2, 0.25) is 0 Å². The number of hydrogen-bond acceptors (Lipinski definition) is 3. The molecule has 100 valence electrons. The van der Waals surface area contributed by atoms with Gasteiger partial charge in [-0.1, -0.05) is 11.6 Å². The van der Waals surface area contributed by atoms with E-state index in [0.29, 0.717) is 16.2 Å². The predicted octanol–water partition coefficient (Wildman–Crippen LogP) is 2.86. The number of rotatable bonds is 3. The third-order valence-corrected chi connectivity index (χ3v) is 3.40. The van der Waals surface area contributed by atoms with E-state index in [0.717, 1.165) is 11.1 Å². The van der Waals surface area contributed by atoms with Crippen LogP contribution in [0, 0.1) is 6.92 Å². The van der Waals surface area contributed by atoms with Crippen LogP contribution >= 0.6 is 15.9 Å². The number of aryl methyl sites for hydroxylation is 1. The largest absolute Gasteiger partial charge is 0.496 e. The highest BCUT2D eigenvalue weighted by molar-refractivity contribution is 9.10. The second-order valence-electron chi connectivity index (χ2n) is 4.14. The standard InChI is InChI=1S/C13H13BrN2O3/c1-7-4-5-9(19-3)8(6-7)12-15-11(14)10(13(17)18)16(12)2/h4-6H,1-3H3,(H,17,18). The Morgan fingerprint density at radius 1 is 1.47 bits per heavy atom. The first-order chi connectivity index (χ1) is 8.95. The number of hydrogen-bond donors (Lipinski definition) is 1. The molecule has 0 fully saturated rings. The smallest absolute Gasteiger partial charge is 0.355 e. The Labute approximate surface area is 119 Å². The van der Waals surface area contributed by atoms with E-state index in [9.17, 15) is 4.79 Å². The molecule has 0 aliphatic rings. The number of methoxy groups -OCH3 is 1. The fourth-order valence-electron chi connectivity index (χ4n) is 1.93. The number of carboxylic acids is 1. The van der Waals surface area contributed by atoms with Gasteiger partial charge in [0.25, 0.3) is 0 Å². The Bertz CT molecular complexity index is 650. The van der Waals surface area contributed by atoms with Gasteiger partial charge in [0.1, 0.15) is 16.2 Å². The number of aromatic carboxylic acids is 1. The van der Waals surface area contributed by atoms with Crippen LogP contribution in [0.15, 0.2) is 22.8 Å². The van der Waals surface area contributed by atoms with Gasteiger partial charge < -0.3 is 14.4 Å². The molecule has 0 aliphatic heterocycles. The highest BCUT2D eigenvalue weighted by atomic mass is 79.9. The summed E-state index contributed by atoms with van der Waals surface area (Å²) in [6.07, 6.45) is 0. The molecule has 0 atom stereocenters. The Balaban J connectivity index is 2.69. The number of nitrogens with zero attached hydrogens (tertiary/aromatic N) is 2. The van der Waals surface area contributed by atoms with Crippen LogP contribution in [0.4, 0.5) is 0 Å². The first-order valence-electron chi connectivity index (χ1n) is 5.56. The van der Waals surface area contributed by atoms with E-state index in [2.05, 4.69) is 20.9 Å². The molecule has 0 saturated heterocycles. The molecule has 2 rings (SSSR count). The van der Waals surface area contributed by atoms with Crippen LogP contribution in [0.3, 0.4) is 0 Å². The van der Waals surface area contributed by atoms with Crippen molar-refractivity contribution in [3.05, 3.63) is 34.1 Å². The summed E-state index contributed by atoms with van der Waals surface area (Å²) < 4.78 is 7.14. The number of ether oxygens (including phenoxy) is 1. The highest BCUT2D eigenvalue weighted by Gasteiger charge is 2.21. The normalized spacial score (nSPS) is 10.5. The maximum Gasteiger partial charge on any atom is 0.355 e. The summed E-state index contributed by atoms with van der Waals surface area (Å²) in [5.41, 5.74) is 1.92. The second-order valence-corrected chi connectivity index (χ2v) is 4.89. The van der Waals surface area contributed by atoms with Gasteiger partial charge in [-0.3, -0.25) is 0 Å². The third-order valence-electron chi connectivity index (χ3n) is 2.85. The van der Waals surface area contributed by atoms with Crippen molar-refractivity contribution < 1.29 is 14.6 Å². The summed E-state index contributed by atoms with van der Waals surface area (Å²) in [5, 5.41) is 9.17. The molecule has 0 radical (unpaired) electrons. The fourth-order valence-corrected chi connectivity index (χ4v) is 2.54. The van der Waals surface area contributed by atoms with Crippen molar-refractivity contribution in [2.45, 2.75) is 6.92 Å². The molecule has 5 nitrogen and oxygen atoms in total. The average Bonchev–Trinajstić information content (AvgIpc) is 2.64. The van der Waals surface area contributed by atoms with E-state index in [-0.39, 0.29) is 5.69 Å². The van der Waals surface area contributed by atoms with Crippen LogP contribution in [0.2, 0.25) is 0 Å². The van der Waals surface area contributed by atoms with Gasteiger partial charge in [0.15, 0.2) is 5.69 Å². The lowest BCUT2D eigenvalue weighted by Gasteiger charge is -2.09. The quantitative estimate of drug-likeness (QED) is 0.942. The van der Waals surface area contributed by atoms with Crippen molar-refractivity contribution in [2.24, 2.45) is 7.05 Å². The van der Waals surface area contributed by atoms with Gasteiger partial charge in [-0.2, -0.15) is 0 Å². The van der Waals surface area contributed by atoms with Gasteiger partial charge in [-0.25, -0.2) is 9.78 Å². The van der Waals surface area contributed by atoms with Crippen LogP contribution in [0.25, 0.3) is 11.4 Å². The van der Waals surface area contributed by atoms with E-state index in [1.807, 2.05) is 25.1 Å². The molecule has 1 aromatic heterocycles. The maximum atomic E-state index is 11.2. The Morgan fingerprint density at radius 3 is 2.68 bits per heavy atom. The maximum absolute atomic E-state index is 11.2. The minimum absolute atomic E-state index is 0.110. The van der Waals surface area contributed by atoms with Gasteiger partial charge in [0.05, 0.1) is 12.7 Å². The molecule has 2 aromatic rings. The molecule has 1 heterocycles. The van der Waals surface area contributed by atoms with Crippen molar-refractivity contribution in [3.63, 3.8) is 0 Å². The molecule has 19 heavy (non-hydrogen) atoms. The molecule has 0 aliphatic carbocycles. The number of carbonyl (C=O) groups is 1. The third kappa shape index (κ3) is 2.35. The molecule has 0 unspecified atom stereocenters. The number of halogens is 1. The van der Waals surface area contributed by atoms with Crippen molar-refractivity contribution in [1.29, 1.82) is 0 Å². The zero-order chi connectivity index (χ0) is 14.2. The Kier molecular flexibility index (Phi) is 3.61. The molecule has 6 heteroatoms. The van der Waals surface area contributed by atoms with Gasteiger partial charge in [0, 0.05) is 7.05 Å². The summed E-state index contributed by atoms with van der Waals surface area (Å²) in [6, 6.07) is 5.69. The molecule has 1 aromatic carbocycles. The second kappa shape index (κ2) is 5.05. The van der Waals surface area contributed by atoms with E-state index < -0.39 is 5.97 Å². The molecular formula is C13H13BrN2O3. The molecule has 1 N–H and O–H groups in total. The minimum atomic E-state index is -1.03. The summed E-state index contributed by atoms with van der Waals surface area (Å²) in [6.45, 7) is 1.96. The van der Waals surface area contributed by atoms with Crippen molar-refractivity contribution >= 4 is 21.9 Å². The first kappa shape index (κ1) is 13.6. The summed E-state index contributed by atoms with van der Waals surface area (Å²) in [4.78, 5) is 15.5. The van der Waals surface area contributed by atoms with Gasteiger partial charge >= 0.3 is 5.97 Å². The van der Waals surface area contributed by atoms with E-state index in [4.69, 9.17) is 9.84 Å². The monoisotopic (exact) mass is 324 g/mol.